The molecule has 31 heavy (non-hydrogen) atoms. The molecule has 1 aromatic heterocycles. The number of para-hydroxylation sites is 1. The average molecular weight is 437 g/mol. The van der Waals surface area contributed by atoms with Gasteiger partial charge in [-0.2, -0.15) is 0 Å². The number of amides is 1. The normalized spacial score (nSPS) is 11.2. The number of carbonyl (C=O) groups excluding carboxylic acids is 1. The number of hydrogen-bond acceptors (Lipinski definition) is 4. The van der Waals surface area contributed by atoms with E-state index >= 15 is 0 Å². The monoisotopic (exact) mass is 436 g/mol. The molecule has 0 radical (unpaired) electrons. The van der Waals surface area contributed by atoms with Crippen LogP contribution in [0.1, 0.15) is 55.4 Å². The lowest BCUT2D eigenvalue weighted by molar-refractivity contribution is -0.131. The second-order valence-corrected chi connectivity index (χ2v) is 9.49. The number of rotatable bonds is 10. The Morgan fingerprint density at radius 2 is 1.74 bits per heavy atom. The molecule has 4 nitrogen and oxygen atoms in total. The third-order valence-corrected chi connectivity index (χ3v) is 5.85. The lowest BCUT2D eigenvalue weighted by Gasteiger charge is -2.24. The summed E-state index contributed by atoms with van der Waals surface area (Å²) in [6.45, 7) is 10.3. The maximum Gasteiger partial charge on any atom is 0.227 e. The Balaban J connectivity index is 1.63. The second kappa shape index (κ2) is 11.1. The van der Waals surface area contributed by atoms with Gasteiger partial charge >= 0.3 is 0 Å². The minimum absolute atomic E-state index is 0.136. The molecule has 0 aliphatic heterocycles. The van der Waals surface area contributed by atoms with Crippen molar-refractivity contribution < 1.29 is 9.53 Å². The minimum atomic E-state index is 0.136. The van der Waals surface area contributed by atoms with E-state index in [4.69, 9.17) is 9.72 Å². The predicted octanol–water partition coefficient (Wildman–Crippen LogP) is 6.07. The maximum absolute atomic E-state index is 12.9. The molecule has 0 unspecified atom stereocenters. The van der Waals surface area contributed by atoms with Gasteiger partial charge in [-0.15, -0.1) is 11.3 Å². The molecule has 0 saturated carbocycles. The van der Waals surface area contributed by atoms with Gasteiger partial charge in [0, 0.05) is 11.9 Å². The molecule has 2 aromatic carbocycles. The van der Waals surface area contributed by atoms with Crippen LogP contribution >= 0.6 is 11.3 Å². The van der Waals surface area contributed by atoms with Gasteiger partial charge < -0.3 is 9.64 Å². The molecule has 5 heteroatoms. The first kappa shape index (κ1) is 23.0. The Morgan fingerprint density at radius 1 is 1.03 bits per heavy atom. The molecule has 164 valence electrons. The van der Waals surface area contributed by atoms with Crippen molar-refractivity contribution in [2.75, 3.05) is 6.54 Å². The van der Waals surface area contributed by atoms with Crippen molar-refractivity contribution >= 4 is 17.2 Å². The van der Waals surface area contributed by atoms with E-state index in [1.807, 2.05) is 58.8 Å². The van der Waals surface area contributed by atoms with E-state index in [1.165, 1.54) is 5.56 Å². The number of benzene rings is 2. The number of carbonyl (C=O) groups is 1. The quantitative estimate of drug-likeness (QED) is 0.387. The number of ether oxygens (including phenoxy) is 1. The van der Waals surface area contributed by atoms with E-state index in [0.717, 1.165) is 28.6 Å². The first-order chi connectivity index (χ1) is 14.9. The Hall–Kier alpha value is -2.66. The Kier molecular flexibility index (Phi) is 8.24. The number of thiazole rings is 1. The van der Waals surface area contributed by atoms with E-state index in [1.54, 1.807) is 11.3 Å². The third-order valence-electron chi connectivity index (χ3n) is 4.98. The van der Waals surface area contributed by atoms with Crippen LogP contribution in [-0.4, -0.2) is 22.3 Å². The van der Waals surface area contributed by atoms with E-state index in [9.17, 15) is 4.79 Å². The summed E-state index contributed by atoms with van der Waals surface area (Å²) in [4.78, 5) is 19.6. The molecule has 3 rings (SSSR count). The molecule has 0 saturated heterocycles. The SMILES string of the molecule is CC(C)CN(Cc1csc(COc2ccccc2C(C)C)n1)C(=O)Cc1ccccc1. The van der Waals surface area contributed by atoms with Crippen molar-refractivity contribution in [2.45, 2.75) is 53.2 Å². The van der Waals surface area contributed by atoms with Crippen LogP contribution in [0, 0.1) is 5.92 Å². The summed E-state index contributed by atoms with van der Waals surface area (Å²) in [7, 11) is 0. The summed E-state index contributed by atoms with van der Waals surface area (Å²) in [5.41, 5.74) is 3.16. The van der Waals surface area contributed by atoms with Gasteiger partial charge in [-0.05, 0) is 29.0 Å². The number of hydrogen-bond donors (Lipinski definition) is 0. The van der Waals surface area contributed by atoms with Crippen LogP contribution in [-0.2, 0) is 24.4 Å². The predicted molar refractivity (Wildman–Crippen MR) is 127 cm³/mol. The van der Waals surface area contributed by atoms with Crippen LogP contribution in [0.15, 0.2) is 60.0 Å². The van der Waals surface area contributed by atoms with Crippen molar-refractivity contribution in [1.82, 2.24) is 9.88 Å². The lowest BCUT2D eigenvalue weighted by atomic mass is 10.0. The van der Waals surface area contributed by atoms with Gasteiger partial charge in [0.1, 0.15) is 17.4 Å². The van der Waals surface area contributed by atoms with E-state index < -0.39 is 0 Å². The first-order valence-corrected chi connectivity index (χ1v) is 11.8. The van der Waals surface area contributed by atoms with E-state index in [2.05, 4.69) is 33.8 Å². The zero-order chi connectivity index (χ0) is 22.2. The summed E-state index contributed by atoms with van der Waals surface area (Å²) in [6.07, 6.45) is 0.416. The van der Waals surface area contributed by atoms with Gasteiger partial charge in [-0.25, -0.2) is 4.98 Å². The van der Waals surface area contributed by atoms with Gasteiger partial charge in [0.25, 0.3) is 0 Å². The van der Waals surface area contributed by atoms with Gasteiger partial charge in [0.2, 0.25) is 5.91 Å². The topological polar surface area (TPSA) is 42.4 Å². The van der Waals surface area contributed by atoms with Crippen LogP contribution in [0.3, 0.4) is 0 Å². The highest BCUT2D eigenvalue weighted by Crippen LogP contribution is 2.27. The van der Waals surface area contributed by atoms with Gasteiger partial charge in [0.05, 0.1) is 18.7 Å². The van der Waals surface area contributed by atoms with Crippen LogP contribution in [0.25, 0.3) is 0 Å². The fourth-order valence-corrected chi connectivity index (χ4v) is 4.19. The zero-order valence-corrected chi connectivity index (χ0v) is 19.7. The van der Waals surface area contributed by atoms with Gasteiger partial charge in [-0.1, -0.05) is 76.2 Å². The van der Waals surface area contributed by atoms with Crippen molar-refractivity contribution in [3.63, 3.8) is 0 Å². The molecule has 0 N–H and O–H groups in total. The van der Waals surface area contributed by atoms with E-state index in [-0.39, 0.29) is 5.91 Å². The molecular weight excluding hydrogens is 404 g/mol. The highest BCUT2D eigenvalue weighted by Gasteiger charge is 2.18. The average Bonchev–Trinajstić information content (AvgIpc) is 3.19. The van der Waals surface area contributed by atoms with Crippen molar-refractivity contribution in [1.29, 1.82) is 0 Å². The number of aromatic nitrogens is 1. The largest absolute Gasteiger partial charge is 0.486 e. The standard InChI is InChI=1S/C26H32N2O2S/c1-19(2)15-28(26(29)14-21-10-6-5-7-11-21)16-22-18-31-25(27-22)17-30-24-13-9-8-12-23(24)20(3)4/h5-13,18-20H,14-17H2,1-4H3. The summed E-state index contributed by atoms with van der Waals surface area (Å²) in [5.74, 6) is 1.85. The molecular formula is C26H32N2O2S. The molecule has 0 aliphatic rings. The zero-order valence-electron chi connectivity index (χ0n) is 18.9. The molecule has 0 bridgehead atoms. The van der Waals surface area contributed by atoms with Crippen LogP contribution in [0.2, 0.25) is 0 Å². The van der Waals surface area contributed by atoms with Gasteiger partial charge in [0.15, 0.2) is 0 Å². The Morgan fingerprint density at radius 3 is 2.45 bits per heavy atom. The summed E-state index contributed by atoms with van der Waals surface area (Å²) in [6, 6.07) is 18.1. The smallest absolute Gasteiger partial charge is 0.227 e. The summed E-state index contributed by atoms with van der Waals surface area (Å²) in [5, 5.41) is 2.96. The van der Waals surface area contributed by atoms with Crippen molar-refractivity contribution in [2.24, 2.45) is 5.92 Å². The van der Waals surface area contributed by atoms with Crippen LogP contribution in [0.5, 0.6) is 5.75 Å². The molecule has 0 atom stereocenters. The van der Waals surface area contributed by atoms with Crippen molar-refractivity contribution in [3.8, 4) is 5.75 Å². The first-order valence-electron chi connectivity index (χ1n) is 10.9. The van der Waals surface area contributed by atoms with Gasteiger partial charge in [-0.3, -0.25) is 4.79 Å². The second-order valence-electron chi connectivity index (χ2n) is 8.54. The van der Waals surface area contributed by atoms with Crippen LogP contribution in [0.4, 0.5) is 0 Å². The summed E-state index contributed by atoms with van der Waals surface area (Å²) >= 11 is 1.59. The Bertz CT molecular complexity index is 966. The molecule has 1 amide bonds. The highest BCUT2D eigenvalue weighted by atomic mass is 32.1. The molecule has 0 aliphatic carbocycles. The minimum Gasteiger partial charge on any atom is -0.486 e. The molecule has 0 spiro atoms. The van der Waals surface area contributed by atoms with Crippen molar-refractivity contribution in [3.05, 3.63) is 81.8 Å². The summed E-state index contributed by atoms with van der Waals surface area (Å²) < 4.78 is 6.06. The maximum atomic E-state index is 12.9. The highest BCUT2D eigenvalue weighted by molar-refractivity contribution is 7.09. The lowest BCUT2D eigenvalue weighted by Crippen LogP contribution is -2.35. The number of nitrogens with zero attached hydrogens (tertiary/aromatic N) is 2. The van der Waals surface area contributed by atoms with Crippen LogP contribution < -0.4 is 4.74 Å². The Labute approximate surface area is 189 Å². The molecule has 0 fully saturated rings. The molecule has 1 heterocycles. The third kappa shape index (κ3) is 6.93. The van der Waals surface area contributed by atoms with E-state index in [0.29, 0.717) is 31.4 Å². The molecule has 3 aromatic rings. The fraction of sp³-hybridized carbons (Fsp3) is 0.385. The fourth-order valence-electron chi connectivity index (χ4n) is 3.49.